The first-order valence-electron chi connectivity index (χ1n) is 9.24. The molecule has 3 amide bonds. The third-order valence-corrected chi connectivity index (χ3v) is 6.16. The van der Waals surface area contributed by atoms with Crippen molar-refractivity contribution in [2.45, 2.75) is 27.2 Å². The van der Waals surface area contributed by atoms with E-state index in [4.69, 9.17) is 0 Å². The minimum absolute atomic E-state index is 0.000573. The van der Waals surface area contributed by atoms with Crippen molar-refractivity contribution in [3.63, 3.8) is 0 Å². The number of carbonyl (C=O) groups is 3. The van der Waals surface area contributed by atoms with Gasteiger partial charge in [0.2, 0.25) is 11.8 Å². The number of hydrogen-bond donors (Lipinski definition) is 0. The van der Waals surface area contributed by atoms with Crippen LogP contribution in [0.25, 0.3) is 0 Å². The molecule has 1 aromatic rings. The Labute approximate surface area is 158 Å². The van der Waals surface area contributed by atoms with Crippen LogP contribution < -0.4 is 0 Å². The van der Waals surface area contributed by atoms with Gasteiger partial charge in [-0.3, -0.25) is 14.4 Å². The lowest BCUT2D eigenvalue weighted by molar-refractivity contribution is -0.135. The van der Waals surface area contributed by atoms with E-state index in [-0.39, 0.29) is 29.1 Å². The Morgan fingerprint density at radius 2 is 1.88 bits per heavy atom. The van der Waals surface area contributed by atoms with Gasteiger partial charge in [0.1, 0.15) is 0 Å². The number of thiophene rings is 1. The fourth-order valence-electron chi connectivity index (χ4n) is 4.02. The first-order valence-corrected chi connectivity index (χ1v) is 10.1. The second-order valence-corrected chi connectivity index (χ2v) is 8.65. The summed E-state index contributed by atoms with van der Waals surface area (Å²) in [5, 5.41) is 1.90. The zero-order valence-corrected chi connectivity index (χ0v) is 16.6. The van der Waals surface area contributed by atoms with Crippen molar-refractivity contribution in [3.05, 3.63) is 22.4 Å². The molecule has 0 N–H and O–H groups in total. The Kier molecular flexibility index (Phi) is 5.37. The first kappa shape index (κ1) is 18.9. The molecule has 2 aliphatic rings. The number of amides is 3. The highest BCUT2D eigenvalue weighted by atomic mass is 32.1. The first-order chi connectivity index (χ1) is 12.3. The van der Waals surface area contributed by atoms with Gasteiger partial charge in [0, 0.05) is 57.0 Å². The fourth-order valence-corrected chi connectivity index (χ4v) is 4.71. The molecule has 2 aliphatic heterocycles. The molecule has 0 aliphatic carbocycles. The minimum Gasteiger partial charge on any atom is -0.342 e. The number of hydrogen-bond acceptors (Lipinski definition) is 4. The molecule has 2 fully saturated rings. The van der Waals surface area contributed by atoms with Crippen LogP contribution in [0.2, 0.25) is 0 Å². The average Bonchev–Trinajstić information content (AvgIpc) is 3.19. The third-order valence-electron chi connectivity index (χ3n) is 5.30. The average molecular weight is 378 g/mol. The van der Waals surface area contributed by atoms with Crippen LogP contribution in [0.5, 0.6) is 0 Å². The molecular weight excluding hydrogens is 350 g/mol. The molecule has 0 saturated carbocycles. The number of carbonyl (C=O) groups excluding carboxylic acids is 3. The molecular formula is C19H27N3O3S. The van der Waals surface area contributed by atoms with Crippen LogP contribution in [-0.4, -0.2) is 71.7 Å². The molecule has 1 atom stereocenters. The molecule has 3 heterocycles. The highest BCUT2D eigenvalue weighted by Crippen LogP contribution is 2.36. The van der Waals surface area contributed by atoms with Gasteiger partial charge in [-0.25, -0.2) is 0 Å². The van der Waals surface area contributed by atoms with Crippen LogP contribution >= 0.6 is 11.3 Å². The second kappa shape index (κ2) is 7.39. The smallest absolute Gasteiger partial charge is 0.263 e. The van der Waals surface area contributed by atoms with E-state index in [2.05, 4.69) is 0 Å². The zero-order valence-electron chi connectivity index (χ0n) is 15.7. The van der Waals surface area contributed by atoms with E-state index in [1.165, 1.54) is 11.3 Å². The van der Waals surface area contributed by atoms with Crippen LogP contribution in [0.15, 0.2) is 17.5 Å². The maximum Gasteiger partial charge on any atom is 0.263 e. The minimum atomic E-state index is -0.374. The molecule has 0 radical (unpaired) electrons. The summed E-state index contributed by atoms with van der Waals surface area (Å²) < 4.78 is 0. The van der Waals surface area contributed by atoms with Gasteiger partial charge >= 0.3 is 0 Å². The zero-order chi connectivity index (χ0) is 18.9. The summed E-state index contributed by atoms with van der Waals surface area (Å²) in [5.41, 5.74) is -0.374. The standard InChI is InChI=1S/C19H27N3O3S/c1-4-20-11-19(10-16(20)23)12-21(17(24)14(2)3)7-8-22(13-19)18(25)15-6-5-9-26-15/h5-6,9,14H,4,7-8,10-13H2,1-3H3/t19-/m1/s1. The Balaban J connectivity index is 1.88. The van der Waals surface area contributed by atoms with Crippen molar-refractivity contribution in [1.29, 1.82) is 0 Å². The predicted molar refractivity (Wildman–Crippen MR) is 101 cm³/mol. The van der Waals surface area contributed by atoms with Crippen LogP contribution in [0.3, 0.4) is 0 Å². The lowest BCUT2D eigenvalue weighted by atomic mass is 9.85. The SMILES string of the molecule is CCN1C[C@@]2(CC1=O)CN(C(=O)c1cccs1)CCN(C(=O)C(C)C)C2. The number of likely N-dealkylation sites (tertiary alicyclic amines) is 1. The quantitative estimate of drug-likeness (QED) is 0.809. The van der Waals surface area contributed by atoms with E-state index in [0.29, 0.717) is 50.6 Å². The maximum atomic E-state index is 12.9. The summed E-state index contributed by atoms with van der Waals surface area (Å²) >= 11 is 1.43. The van der Waals surface area contributed by atoms with Gasteiger partial charge in [0.15, 0.2) is 0 Å². The molecule has 2 saturated heterocycles. The monoisotopic (exact) mass is 377 g/mol. The molecule has 7 heteroatoms. The van der Waals surface area contributed by atoms with Crippen molar-refractivity contribution in [1.82, 2.24) is 14.7 Å². The van der Waals surface area contributed by atoms with Crippen molar-refractivity contribution >= 4 is 29.1 Å². The summed E-state index contributed by atoms with van der Waals surface area (Å²) in [6.45, 7) is 9.14. The van der Waals surface area contributed by atoms with Gasteiger partial charge in [-0.2, -0.15) is 0 Å². The maximum absolute atomic E-state index is 12.9. The molecule has 0 unspecified atom stereocenters. The number of rotatable bonds is 3. The number of nitrogens with zero attached hydrogens (tertiary/aromatic N) is 3. The van der Waals surface area contributed by atoms with E-state index >= 15 is 0 Å². The Morgan fingerprint density at radius 3 is 2.46 bits per heavy atom. The van der Waals surface area contributed by atoms with Crippen molar-refractivity contribution < 1.29 is 14.4 Å². The van der Waals surface area contributed by atoms with Crippen LogP contribution in [-0.2, 0) is 9.59 Å². The summed E-state index contributed by atoms with van der Waals surface area (Å²) in [6.07, 6.45) is 0.400. The normalized spacial score (nSPS) is 23.8. The Hall–Kier alpha value is -1.89. The molecule has 0 bridgehead atoms. The molecule has 0 aromatic carbocycles. The van der Waals surface area contributed by atoms with Gasteiger partial charge in [-0.05, 0) is 18.4 Å². The molecule has 142 valence electrons. The van der Waals surface area contributed by atoms with Gasteiger partial charge in [-0.1, -0.05) is 19.9 Å². The highest BCUT2D eigenvalue weighted by molar-refractivity contribution is 7.12. The fraction of sp³-hybridized carbons (Fsp3) is 0.632. The highest BCUT2D eigenvalue weighted by Gasteiger charge is 2.47. The van der Waals surface area contributed by atoms with Crippen LogP contribution in [0.4, 0.5) is 0 Å². The second-order valence-electron chi connectivity index (χ2n) is 7.70. The Morgan fingerprint density at radius 1 is 1.19 bits per heavy atom. The van der Waals surface area contributed by atoms with Crippen molar-refractivity contribution in [2.75, 3.05) is 39.3 Å². The van der Waals surface area contributed by atoms with E-state index in [1.54, 1.807) is 0 Å². The summed E-state index contributed by atoms with van der Waals surface area (Å²) in [5.74, 6) is 0.124. The van der Waals surface area contributed by atoms with Crippen molar-refractivity contribution in [2.24, 2.45) is 11.3 Å². The summed E-state index contributed by atoms with van der Waals surface area (Å²) in [6, 6.07) is 3.71. The summed E-state index contributed by atoms with van der Waals surface area (Å²) in [4.78, 5) is 44.3. The van der Waals surface area contributed by atoms with E-state index in [9.17, 15) is 14.4 Å². The molecule has 1 spiro atoms. The van der Waals surface area contributed by atoms with Gasteiger partial charge in [0.25, 0.3) is 5.91 Å². The third kappa shape index (κ3) is 3.63. The van der Waals surface area contributed by atoms with Gasteiger partial charge in [0.05, 0.1) is 4.88 Å². The van der Waals surface area contributed by atoms with Crippen LogP contribution in [0, 0.1) is 11.3 Å². The van der Waals surface area contributed by atoms with Gasteiger partial charge in [-0.15, -0.1) is 11.3 Å². The largest absolute Gasteiger partial charge is 0.342 e. The Bertz CT molecular complexity index is 688. The predicted octanol–water partition coefficient (Wildman–Crippen LogP) is 1.93. The lowest BCUT2D eigenvalue weighted by Crippen LogP contribution is -2.46. The summed E-state index contributed by atoms with van der Waals surface area (Å²) in [7, 11) is 0. The molecule has 6 nitrogen and oxygen atoms in total. The van der Waals surface area contributed by atoms with E-state index in [0.717, 1.165) is 0 Å². The molecule has 1 aromatic heterocycles. The van der Waals surface area contributed by atoms with Crippen LogP contribution in [0.1, 0.15) is 36.9 Å². The van der Waals surface area contributed by atoms with E-state index in [1.807, 2.05) is 53.0 Å². The topological polar surface area (TPSA) is 60.9 Å². The molecule has 26 heavy (non-hydrogen) atoms. The lowest BCUT2D eigenvalue weighted by Gasteiger charge is -2.34. The van der Waals surface area contributed by atoms with E-state index < -0.39 is 0 Å². The van der Waals surface area contributed by atoms with Crippen molar-refractivity contribution in [3.8, 4) is 0 Å². The van der Waals surface area contributed by atoms with Gasteiger partial charge < -0.3 is 14.7 Å². The molecule has 3 rings (SSSR count).